The van der Waals surface area contributed by atoms with Crippen LogP contribution in [-0.2, 0) is 0 Å². The molecule has 1 unspecified atom stereocenters. The first kappa shape index (κ1) is 18.9. The van der Waals surface area contributed by atoms with Crippen LogP contribution in [0.15, 0.2) is 29.6 Å². The van der Waals surface area contributed by atoms with Crippen molar-refractivity contribution < 1.29 is 14.3 Å². The molecule has 0 saturated carbocycles. The molecule has 26 heavy (non-hydrogen) atoms. The molecule has 0 spiro atoms. The van der Waals surface area contributed by atoms with Crippen molar-refractivity contribution in [1.29, 1.82) is 0 Å². The van der Waals surface area contributed by atoms with Crippen LogP contribution in [0.4, 0.5) is 4.39 Å². The summed E-state index contributed by atoms with van der Waals surface area (Å²) in [5.41, 5.74) is 1.09. The Labute approximate surface area is 156 Å². The Kier molecular flexibility index (Phi) is 6.34. The van der Waals surface area contributed by atoms with E-state index < -0.39 is 6.10 Å². The number of β-amino-alcohol motifs (C(OH)–C–C–N with tert-alkyl or cyclic N) is 1. The van der Waals surface area contributed by atoms with E-state index in [0.717, 1.165) is 37.4 Å². The number of aromatic nitrogens is 1. The summed E-state index contributed by atoms with van der Waals surface area (Å²) >= 11 is 1.33. The largest absolute Gasteiger partial charge is 0.390 e. The second kappa shape index (κ2) is 8.70. The topological polar surface area (TPSA) is 65.5 Å². The number of carbonyl (C=O) groups is 1. The highest BCUT2D eigenvalue weighted by Crippen LogP contribution is 2.23. The van der Waals surface area contributed by atoms with Crippen molar-refractivity contribution >= 4 is 17.2 Å². The van der Waals surface area contributed by atoms with Gasteiger partial charge in [0.1, 0.15) is 16.5 Å². The lowest BCUT2D eigenvalue weighted by molar-refractivity contribution is 0.0793. The zero-order valence-corrected chi connectivity index (χ0v) is 15.6. The van der Waals surface area contributed by atoms with Crippen molar-refractivity contribution in [3.05, 3.63) is 41.2 Å². The minimum absolute atomic E-state index is 0.203. The Morgan fingerprint density at radius 1 is 1.38 bits per heavy atom. The highest BCUT2D eigenvalue weighted by molar-refractivity contribution is 7.13. The van der Waals surface area contributed by atoms with E-state index in [1.807, 2.05) is 0 Å². The molecule has 2 heterocycles. The molecule has 3 rings (SSSR count). The molecule has 5 nitrogen and oxygen atoms in total. The molecule has 2 N–H and O–H groups in total. The van der Waals surface area contributed by atoms with Crippen LogP contribution in [0, 0.1) is 11.7 Å². The molecule has 1 amide bonds. The van der Waals surface area contributed by atoms with Crippen LogP contribution in [0.1, 0.15) is 30.3 Å². The number of hydrogen-bond donors (Lipinski definition) is 2. The maximum absolute atomic E-state index is 13.0. The second-order valence-electron chi connectivity index (χ2n) is 6.89. The third-order valence-electron chi connectivity index (χ3n) is 4.67. The lowest BCUT2D eigenvalue weighted by Gasteiger charge is -2.31. The quantitative estimate of drug-likeness (QED) is 0.812. The van der Waals surface area contributed by atoms with E-state index in [0.29, 0.717) is 17.2 Å². The van der Waals surface area contributed by atoms with Crippen molar-refractivity contribution in [1.82, 2.24) is 15.2 Å². The summed E-state index contributed by atoms with van der Waals surface area (Å²) in [7, 11) is 0. The van der Waals surface area contributed by atoms with Crippen molar-refractivity contribution in [2.24, 2.45) is 5.92 Å². The number of nitrogens with zero attached hydrogens (tertiary/aromatic N) is 2. The van der Waals surface area contributed by atoms with E-state index in [4.69, 9.17) is 0 Å². The number of halogens is 1. The van der Waals surface area contributed by atoms with Crippen molar-refractivity contribution in [3.63, 3.8) is 0 Å². The summed E-state index contributed by atoms with van der Waals surface area (Å²) in [6.45, 7) is 5.03. The van der Waals surface area contributed by atoms with Crippen molar-refractivity contribution in [2.45, 2.75) is 25.9 Å². The van der Waals surface area contributed by atoms with Crippen LogP contribution in [0.2, 0.25) is 0 Å². The molecular formula is C19H24FN3O2S. The van der Waals surface area contributed by atoms with Gasteiger partial charge in [0.05, 0.1) is 6.10 Å². The molecule has 0 radical (unpaired) electrons. The fraction of sp³-hybridized carbons (Fsp3) is 0.474. The van der Waals surface area contributed by atoms with Gasteiger partial charge in [-0.2, -0.15) is 0 Å². The van der Waals surface area contributed by atoms with Gasteiger partial charge in [0.25, 0.3) is 5.91 Å². The maximum atomic E-state index is 13.0. The predicted molar refractivity (Wildman–Crippen MR) is 101 cm³/mol. The number of nitrogens with one attached hydrogen (secondary N) is 1. The van der Waals surface area contributed by atoms with Gasteiger partial charge in [-0.15, -0.1) is 11.3 Å². The molecule has 2 aromatic rings. The van der Waals surface area contributed by atoms with Crippen LogP contribution in [0.3, 0.4) is 0 Å². The maximum Gasteiger partial charge on any atom is 0.270 e. The molecule has 1 aliphatic rings. The number of hydrogen-bond acceptors (Lipinski definition) is 5. The second-order valence-corrected chi connectivity index (χ2v) is 7.75. The van der Waals surface area contributed by atoms with Gasteiger partial charge < -0.3 is 15.3 Å². The predicted octanol–water partition coefficient (Wildman–Crippen LogP) is 2.77. The molecular weight excluding hydrogens is 353 g/mol. The molecule has 1 fully saturated rings. The van der Waals surface area contributed by atoms with Crippen LogP contribution in [0.25, 0.3) is 10.6 Å². The highest BCUT2D eigenvalue weighted by atomic mass is 32.1. The molecule has 1 saturated heterocycles. The van der Waals surface area contributed by atoms with Gasteiger partial charge in [-0.3, -0.25) is 4.79 Å². The number of aliphatic hydroxyl groups is 1. The van der Waals surface area contributed by atoms with Gasteiger partial charge >= 0.3 is 0 Å². The van der Waals surface area contributed by atoms with Gasteiger partial charge in [-0.05, 0) is 56.1 Å². The minimum Gasteiger partial charge on any atom is -0.390 e. The Morgan fingerprint density at radius 3 is 2.77 bits per heavy atom. The number of amides is 1. The standard InChI is InChI=1S/C19H24FN3O2S/c1-13-6-8-23(9-7-13)11-16(24)10-21-18(25)17-12-26-19(22-17)14-2-4-15(20)5-3-14/h2-5,12-13,16,24H,6-11H2,1H3,(H,21,25). The summed E-state index contributed by atoms with van der Waals surface area (Å²) < 4.78 is 13.0. The SMILES string of the molecule is CC1CCN(CC(O)CNC(=O)c2csc(-c3ccc(F)cc3)n2)CC1. The fourth-order valence-corrected chi connectivity index (χ4v) is 3.82. The molecule has 7 heteroatoms. The van der Waals surface area contributed by atoms with Gasteiger partial charge in [0.2, 0.25) is 0 Å². The Hall–Kier alpha value is -1.83. The lowest BCUT2D eigenvalue weighted by Crippen LogP contribution is -2.43. The third-order valence-corrected chi connectivity index (χ3v) is 5.56. The van der Waals surface area contributed by atoms with Crippen molar-refractivity contribution in [3.8, 4) is 10.6 Å². The molecule has 0 bridgehead atoms. The number of thiazole rings is 1. The molecule has 1 atom stereocenters. The lowest BCUT2D eigenvalue weighted by atomic mass is 9.99. The van der Waals surface area contributed by atoms with Gasteiger partial charge in [-0.25, -0.2) is 9.37 Å². The number of piperidine rings is 1. The number of rotatable bonds is 6. The van der Waals surface area contributed by atoms with Crippen LogP contribution in [0.5, 0.6) is 0 Å². The first-order chi connectivity index (χ1) is 12.5. The Bertz CT molecular complexity index is 727. The molecule has 1 aliphatic heterocycles. The summed E-state index contributed by atoms with van der Waals surface area (Å²) in [4.78, 5) is 18.8. The summed E-state index contributed by atoms with van der Waals surface area (Å²) in [6, 6.07) is 6.01. The molecule has 0 aliphatic carbocycles. The van der Waals surface area contributed by atoms with E-state index in [1.54, 1.807) is 17.5 Å². The molecule has 1 aromatic carbocycles. The Morgan fingerprint density at radius 2 is 2.08 bits per heavy atom. The number of aliphatic hydroxyl groups excluding tert-OH is 1. The van der Waals surface area contributed by atoms with E-state index in [2.05, 4.69) is 22.1 Å². The number of carbonyl (C=O) groups excluding carboxylic acids is 1. The molecule has 1 aromatic heterocycles. The van der Waals surface area contributed by atoms with E-state index in [9.17, 15) is 14.3 Å². The summed E-state index contributed by atoms with van der Waals surface area (Å²) in [5, 5.41) is 15.2. The van der Waals surface area contributed by atoms with Crippen LogP contribution < -0.4 is 5.32 Å². The number of benzene rings is 1. The normalized spacial score (nSPS) is 17.2. The summed E-state index contributed by atoms with van der Waals surface area (Å²) in [6.07, 6.45) is 1.72. The Balaban J connectivity index is 1.48. The van der Waals surface area contributed by atoms with Crippen LogP contribution >= 0.6 is 11.3 Å². The third kappa shape index (κ3) is 5.09. The zero-order chi connectivity index (χ0) is 18.5. The summed E-state index contributed by atoms with van der Waals surface area (Å²) in [5.74, 6) is 0.143. The minimum atomic E-state index is -0.595. The first-order valence-corrected chi connectivity index (χ1v) is 9.79. The average Bonchev–Trinajstić information content (AvgIpc) is 3.12. The number of likely N-dealkylation sites (tertiary alicyclic amines) is 1. The zero-order valence-electron chi connectivity index (χ0n) is 14.8. The first-order valence-electron chi connectivity index (χ1n) is 8.91. The molecule has 140 valence electrons. The fourth-order valence-electron chi connectivity index (χ4n) is 3.01. The monoisotopic (exact) mass is 377 g/mol. The average molecular weight is 377 g/mol. The van der Waals surface area contributed by atoms with Crippen molar-refractivity contribution in [2.75, 3.05) is 26.2 Å². The van der Waals surface area contributed by atoms with E-state index >= 15 is 0 Å². The van der Waals surface area contributed by atoms with E-state index in [1.165, 1.54) is 23.5 Å². The van der Waals surface area contributed by atoms with Gasteiger partial charge in [0, 0.05) is 24.0 Å². The van der Waals surface area contributed by atoms with Gasteiger partial charge in [0.15, 0.2) is 0 Å². The highest BCUT2D eigenvalue weighted by Gasteiger charge is 2.19. The smallest absolute Gasteiger partial charge is 0.270 e. The van der Waals surface area contributed by atoms with Crippen LogP contribution in [-0.4, -0.2) is 53.2 Å². The van der Waals surface area contributed by atoms with Gasteiger partial charge in [-0.1, -0.05) is 6.92 Å². The van der Waals surface area contributed by atoms with E-state index in [-0.39, 0.29) is 18.3 Å².